The summed E-state index contributed by atoms with van der Waals surface area (Å²) < 4.78 is 13.4. The zero-order valence-corrected chi connectivity index (χ0v) is 8.61. The average molecular weight is 212 g/mol. The van der Waals surface area contributed by atoms with Gasteiger partial charge in [0.15, 0.2) is 5.82 Å². The summed E-state index contributed by atoms with van der Waals surface area (Å²) in [6, 6.07) is 4.62. The van der Waals surface area contributed by atoms with Crippen LogP contribution in [0.25, 0.3) is 0 Å². The summed E-state index contributed by atoms with van der Waals surface area (Å²) in [6.45, 7) is 1.93. The molecule has 1 nitrogen and oxygen atoms in total. The van der Waals surface area contributed by atoms with Gasteiger partial charge in [-0.3, -0.25) is 0 Å². The summed E-state index contributed by atoms with van der Waals surface area (Å²) in [4.78, 5) is 0. The van der Waals surface area contributed by atoms with E-state index in [0.717, 1.165) is 6.42 Å². The molecule has 0 heterocycles. The third-order valence-corrected chi connectivity index (χ3v) is 2.18. The first kappa shape index (κ1) is 10.9. The van der Waals surface area contributed by atoms with E-state index in [1.165, 1.54) is 6.07 Å². The maximum absolute atomic E-state index is 13.4. The molecule has 0 aliphatic carbocycles. The number of hydrogen-bond acceptors (Lipinski definition) is 1. The van der Waals surface area contributed by atoms with Gasteiger partial charge in [-0.05, 0) is 18.6 Å². The van der Waals surface area contributed by atoms with Crippen LogP contribution >= 0.6 is 11.6 Å². The Bertz CT molecular complexity index is 357. The minimum atomic E-state index is -0.456. The van der Waals surface area contributed by atoms with Crippen molar-refractivity contribution in [1.29, 1.82) is 0 Å². The fourth-order valence-electron chi connectivity index (χ4n) is 1.06. The van der Waals surface area contributed by atoms with E-state index in [4.69, 9.17) is 18.0 Å². The van der Waals surface area contributed by atoms with E-state index in [2.05, 4.69) is 11.2 Å². The molecule has 1 aromatic rings. The van der Waals surface area contributed by atoms with E-state index in [-0.39, 0.29) is 11.1 Å². The molecule has 0 amide bonds. The maximum atomic E-state index is 13.4. The molecule has 0 saturated carbocycles. The van der Waals surface area contributed by atoms with Crippen molar-refractivity contribution in [3.63, 3.8) is 0 Å². The van der Waals surface area contributed by atoms with E-state index in [0.29, 0.717) is 5.69 Å². The number of rotatable bonds is 3. The van der Waals surface area contributed by atoms with Gasteiger partial charge in [-0.1, -0.05) is 30.5 Å². The van der Waals surface area contributed by atoms with Gasteiger partial charge in [0.25, 0.3) is 0 Å². The molecular weight excluding hydrogens is 201 g/mol. The number of terminal acetylenes is 1. The number of anilines is 1. The van der Waals surface area contributed by atoms with Crippen molar-refractivity contribution in [1.82, 2.24) is 0 Å². The molecule has 1 aromatic carbocycles. The van der Waals surface area contributed by atoms with Gasteiger partial charge in [0.2, 0.25) is 0 Å². The Kier molecular flexibility index (Phi) is 3.79. The van der Waals surface area contributed by atoms with Crippen molar-refractivity contribution in [2.24, 2.45) is 0 Å². The largest absolute Gasteiger partial charge is 0.369 e. The normalized spacial score (nSPS) is 11.9. The molecule has 0 fully saturated rings. The lowest BCUT2D eigenvalue weighted by atomic mass is 10.2. The van der Waals surface area contributed by atoms with Crippen LogP contribution in [0.1, 0.15) is 13.3 Å². The number of benzene rings is 1. The average Bonchev–Trinajstić information content (AvgIpc) is 2.20. The molecule has 1 N–H and O–H groups in total. The zero-order chi connectivity index (χ0) is 10.6. The minimum Gasteiger partial charge on any atom is -0.369 e. The number of halogens is 2. The first-order valence-corrected chi connectivity index (χ1v) is 4.73. The monoisotopic (exact) mass is 211 g/mol. The Labute approximate surface area is 88.3 Å². The van der Waals surface area contributed by atoms with Gasteiger partial charge in [-0.25, -0.2) is 4.39 Å². The third-order valence-electron chi connectivity index (χ3n) is 1.89. The van der Waals surface area contributed by atoms with Crippen LogP contribution in [0.4, 0.5) is 10.1 Å². The molecule has 14 heavy (non-hydrogen) atoms. The predicted octanol–water partition coefficient (Wildman–Crippen LogP) is 3.30. The molecule has 74 valence electrons. The lowest BCUT2D eigenvalue weighted by molar-refractivity contribution is 0.628. The second-order valence-corrected chi connectivity index (χ2v) is 3.28. The highest BCUT2D eigenvalue weighted by Crippen LogP contribution is 2.22. The maximum Gasteiger partial charge on any atom is 0.164 e. The van der Waals surface area contributed by atoms with Crippen molar-refractivity contribution < 1.29 is 4.39 Å². The summed E-state index contributed by atoms with van der Waals surface area (Å²) in [5.74, 6) is 2.07. The molecule has 3 heteroatoms. The van der Waals surface area contributed by atoms with E-state index >= 15 is 0 Å². The summed E-state index contributed by atoms with van der Waals surface area (Å²) in [6.07, 6.45) is 5.99. The van der Waals surface area contributed by atoms with Crippen molar-refractivity contribution in [2.45, 2.75) is 19.4 Å². The van der Waals surface area contributed by atoms with Gasteiger partial charge in [-0.2, -0.15) is 0 Å². The van der Waals surface area contributed by atoms with Crippen molar-refractivity contribution in [3.05, 3.63) is 29.0 Å². The van der Waals surface area contributed by atoms with E-state index in [1.807, 2.05) is 6.92 Å². The zero-order valence-electron chi connectivity index (χ0n) is 7.85. The van der Waals surface area contributed by atoms with Gasteiger partial charge in [0.05, 0.1) is 16.8 Å². The highest BCUT2D eigenvalue weighted by atomic mass is 35.5. The Balaban J connectivity index is 2.87. The summed E-state index contributed by atoms with van der Waals surface area (Å²) in [5, 5.41) is 2.99. The highest BCUT2D eigenvalue weighted by Gasteiger charge is 2.08. The molecule has 0 spiro atoms. The summed E-state index contributed by atoms with van der Waals surface area (Å²) in [5.41, 5.74) is 0.349. The third kappa shape index (κ3) is 2.40. The summed E-state index contributed by atoms with van der Waals surface area (Å²) >= 11 is 5.62. The van der Waals surface area contributed by atoms with Crippen LogP contribution in [-0.2, 0) is 0 Å². The van der Waals surface area contributed by atoms with Crippen LogP contribution in [0, 0.1) is 18.2 Å². The quantitative estimate of drug-likeness (QED) is 0.757. The Hall–Kier alpha value is -1.20. The second kappa shape index (κ2) is 4.88. The molecule has 0 aliphatic heterocycles. The minimum absolute atomic E-state index is 0.0990. The van der Waals surface area contributed by atoms with Crippen LogP contribution in [0.3, 0.4) is 0 Å². The first-order valence-electron chi connectivity index (χ1n) is 4.35. The molecule has 0 bridgehead atoms. The van der Waals surface area contributed by atoms with Gasteiger partial charge in [0, 0.05) is 0 Å². The van der Waals surface area contributed by atoms with Crippen LogP contribution in [-0.4, -0.2) is 6.04 Å². The Morgan fingerprint density at radius 3 is 2.93 bits per heavy atom. The van der Waals surface area contributed by atoms with Crippen molar-refractivity contribution in [3.8, 4) is 12.3 Å². The lowest BCUT2D eigenvalue weighted by Crippen LogP contribution is -2.16. The number of nitrogens with one attached hydrogen (secondary N) is 1. The predicted molar refractivity (Wildman–Crippen MR) is 57.9 cm³/mol. The molecule has 1 rings (SSSR count). The highest BCUT2D eigenvalue weighted by molar-refractivity contribution is 6.31. The van der Waals surface area contributed by atoms with Crippen molar-refractivity contribution >= 4 is 17.3 Å². The standard InChI is InChI=1S/C11H11ClFN/c1-3-8(4-2)14-10-7-5-6-9(12)11(10)13/h1,5-8,14H,4H2,2H3. The topological polar surface area (TPSA) is 12.0 Å². The summed E-state index contributed by atoms with van der Waals surface area (Å²) in [7, 11) is 0. The SMILES string of the molecule is C#CC(CC)Nc1cccc(Cl)c1F. The molecule has 0 radical (unpaired) electrons. The fourth-order valence-corrected chi connectivity index (χ4v) is 1.24. The van der Waals surface area contributed by atoms with Gasteiger partial charge in [0.1, 0.15) is 0 Å². The van der Waals surface area contributed by atoms with E-state index in [9.17, 15) is 4.39 Å². The van der Waals surface area contributed by atoms with Gasteiger partial charge >= 0.3 is 0 Å². The van der Waals surface area contributed by atoms with E-state index in [1.54, 1.807) is 12.1 Å². The van der Waals surface area contributed by atoms with Crippen LogP contribution in [0.5, 0.6) is 0 Å². The van der Waals surface area contributed by atoms with Crippen LogP contribution in [0.2, 0.25) is 5.02 Å². The number of hydrogen-bond donors (Lipinski definition) is 1. The first-order chi connectivity index (χ1) is 6.69. The smallest absolute Gasteiger partial charge is 0.164 e. The van der Waals surface area contributed by atoms with Crippen molar-refractivity contribution in [2.75, 3.05) is 5.32 Å². The lowest BCUT2D eigenvalue weighted by Gasteiger charge is -2.13. The van der Waals surface area contributed by atoms with Crippen LogP contribution in [0.15, 0.2) is 18.2 Å². The van der Waals surface area contributed by atoms with E-state index < -0.39 is 5.82 Å². The molecular formula is C11H11ClFN. The second-order valence-electron chi connectivity index (χ2n) is 2.87. The van der Waals surface area contributed by atoms with Gasteiger partial charge < -0.3 is 5.32 Å². The molecule has 0 aromatic heterocycles. The molecule has 0 aliphatic rings. The van der Waals surface area contributed by atoms with Gasteiger partial charge in [-0.15, -0.1) is 6.42 Å². The molecule has 1 atom stereocenters. The Morgan fingerprint density at radius 1 is 1.64 bits per heavy atom. The van der Waals surface area contributed by atoms with Crippen LogP contribution < -0.4 is 5.32 Å². The Morgan fingerprint density at radius 2 is 2.36 bits per heavy atom. The molecule has 1 unspecified atom stereocenters. The molecule has 0 saturated heterocycles. The fraction of sp³-hybridized carbons (Fsp3) is 0.273.